The molecule has 26 atom stereocenters. The molecule has 16 heteroatoms. The van der Waals surface area contributed by atoms with Crippen molar-refractivity contribution in [1.82, 2.24) is 0 Å². The van der Waals surface area contributed by atoms with Crippen LogP contribution in [-0.4, -0.2) is 164 Å². The summed E-state index contributed by atoms with van der Waals surface area (Å²) in [7, 11) is 0. The maximum atomic E-state index is 11.5. The summed E-state index contributed by atoms with van der Waals surface area (Å²) in [5.41, 5.74) is 1.63. The number of aliphatic hydroxyl groups is 8. The number of ether oxygens (including phenoxy) is 8. The molecule has 0 radical (unpaired) electrons. The van der Waals surface area contributed by atoms with Crippen molar-refractivity contribution in [3.8, 4) is 0 Å². The Hall–Kier alpha value is -0.900. The smallest absolute Gasteiger partial charge is 0.187 e. The third-order valence-corrected chi connectivity index (χ3v) is 17.6. The summed E-state index contributed by atoms with van der Waals surface area (Å²) in [5.74, 6) is 2.78. The molecule has 5 aliphatic heterocycles. The van der Waals surface area contributed by atoms with Crippen LogP contribution in [-0.2, 0) is 37.9 Å². The van der Waals surface area contributed by atoms with Crippen LogP contribution in [0.3, 0.4) is 0 Å². The molecule has 9 aliphatic rings. The van der Waals surface area contributed by atoms with Gasteiger partial charge in [-0.25, -0.2) is 0 Å². The molecule has 0 aromatic heterocycles. The van der Waals surface area contributed by atoms with E-state index in [2.05, 4.69) is 33.8 Å². The van der Waals surface area contributed by atoms with Crippen molar-refractivity contribution in [1.29, 1.82) is 0 Å². The number of fused-ring (bicyclic) bond motifs is 7. The van der Waals surface area contributed by atoms with E-state index in [1.54, 1.807) is 0 Å². The predicted molar refractivity (Wildman–Crippen MR) is 213 cm³/mol. The van der Waals surface area contributed by atoms with E-state index in [1.165, 1.54) is 32.3 Å². The molecular weight excluding hydrogens is 796 g/mol. The maximum absolute atomic E-state index is 11.5. The van der Waals surface area contributed by atoms with Crippen LogP contribution in [0.15, 0.2) is 11.6 Å². The van der Waals surface area contributed by atoms with Crippen molar-refractivity contribution in [2.45, 2.75) is 209 Å². The molecule has 0 aromatic rings. The van der Waals surface area contributed by atoms with Crippen LogP contribution in [0.2, 0.25) is 0 Å². The van der Waals surface area contributed by atoms with Crippen molar-refractivity contribution in [3.05, 3.63) is 11.6 Å². The molecule has 16 nitrogen and oxygen atoms in total. The van der Waals surface area contributed by atoms with Gasteiger partial charge in [0.25, 0.3) is 0 Å². The van der Waals surface area contributed by atoms with Gasteiger partial charge in [0.1, 0.15) is 61.0 Å². The highest BCUT2D eigenvalue weighted by Crippen LogP contribution is 2.70. The Morgan fingerprint density at radius 1 is 0.689 bits per heavy atom. The van der Waals surface area contributed by atoms with E-state index in [0.29, 0.717) is 41.9 Å². The van der Waals surface area contributed by atoms with Gasteiger partial charge >= 0.3 is 0 Å². The first kappa shape index (κ1) is 45.3. The largest absolute Gasteiger partial charge is 0.394 e. The quantitative estimate of drug-likeness (QED) is 0.168. The molecule has 8 fully saturated rings. The second-order valence-corrected chi connectivity index (χ2v) is 21.1. The average molecular weight is 869 g/mol. The number of rotatable bonds is 7. The minimum atomic E-state index is -1.73. The summed E-state index contributed by atoms with van der Waals surface area (Å²) in [6.07, 6.45) is -10.2. The van der Waals surface area contributed by atoms with Crippen LogP contribution in [0.4, 0.5) is 0 Å². The Balaban J connectivity index is 0.843. The Kier molecular flexibility index (Phi) is 12.4. The van der Waals surface area contributed by atoms with E-state index < -0.39 is 105 Å². The highest BCUT2D eigenvalue weighted by atomic mass is 16.8. The fourth-order valence-corrected chi connectivity index (χ4v) is 14.0. The highest BCUT2D eigenvalue weighted by Gasteiger charge is 2.69. The Labute approximate surface area is 358 Å². The second-order valence-electron chi connectivity index (χ2n) is 21.1. The van der Waals surface area contributed by atoms with Crippen molar-refractivity contribution < 1.29 is 78.7 Å². The summed E-state index contributed by atoms with van der Waals surface area (Å²) >= 11 is 0. The Bertz CT molecular complexity index is 1590. The van der Waals surface area contributed by atoms with Crippen molar-refractivity contribution in [2.75, 3.05) is 13.2 Å². The van der Waals surface area contributed by atoms with E-state index in [1.807, 2.05) is 0 Å². The highest BCUT2D eigenvalue weighted by molar-refractivity contribution is 5.26. The monoisotopic (exact) mass is 868 g/mol. The van der Waals surface area contributed by atoms with E-state index in [9.17, 15) is 40.9 Å². The fraction of sp³-hybridized carbons (Fsp3) is 0.956. The molecule has 348 valence electrons. The lowest BCUT2D eigenvalue weighted by Crippen LogP contribution is -2.66. The van der Waals surface area contributed by atoms with Gasteiger partial charge in [-0.2, -0.15) is 0 Å². The first-order valence-electron chi connectivity index (χ1n) is 23.2. The van der Waals surface area contributed by atoms with E-state index >= 15 is 0 Å². The lowest BCUT2D eigenvalue weighted by molar-refractivity contribution is -0.386. The molecule has 0 aromatic carbocycles. The average Bonchev–Trinajstić information content (AvgIpc) is 3.69. The van der Waals surface area contributed by atoms with Crippen molar-refractivity contribution in [3.63, 3.8) is 0 Å². The second kappa shape index (κ2) is 16.8. The zero-order chi connectivity index (χ0) is 43.5. The Morgan fingerprint density at radius 3 is 2.05 bits per heavy atom. The zero-order valence-corrected chi connectivity index (χ0v) is 36.5. The molecule has 4 aliphatic carbocycles. The molecule has 4 unspecified atom stereocenters. The van der Waals surface area contributed by atoms with Gasteiger partial charge in [-0.05, 0) is 106 Å². The van der Waals surface area contributed by atoms with Gasteiger partial charge in [0.15, 0.2) is 24.7 Å². The van der Waals surface area contributed by atoms with Gasteiger partial charge in [-0.15, -0.1) is 0 Å². The van der Waals surface area contributed by atoms with Gasteiger partial charge in [0.05, 0.1) is 37.6 Å². The molecule has 3 saturated carbocycles. The van der Waals surface area contributed by atoms with Gasteiger partial charge in [0, 0.05) is 12.3 Å². The third kappa shape index (κ3) is 7.42. The lowest BCUT2D eigenvalue weighted by atomic mass is 9.47. The first-order chi connectivity index (χ1) is 28.9. The molecule has 0 bridgehead atoms. The standard InChI is InChI=1S/C45H72O16/c1-19-9-14-45(54-18-19)20(2)30-28(61-45)16-27-25-8-7-23-15-24(10-12-43(23,5)26(25)11-13-44(27,30)6)57-41-37(53)35(51)38(29(17-46)58-41)59-42-39(34(50)32(48)22(4)56-42)60-40-36(52)33(49)31(47)21(3)55-40/h7,19-22,24-42,46-53H,8-18H2,1-6H3/t19?,20-,21-,22-,24-,25?,26?,27?,28-,29+,30-,31-,32-,33+,34+,35+,36+,37+,38+,39+,40-,41+,42-,43-,44-,45+/m0/s1. The molecule has 5 saturated heterocycles. The molecule has 8 N–H and O–H groups in total. The summed E-state index contributed by atoms with van der Waals surface area (Å²) in [5, 5.41) is 86.2. The number of aliphatic hydroxyl groups excluding tert-OH is 8. The minimum absolute atomic E-state index is 0.0266. The maximum Gasteiger partial charge on any atom is 0.187 e. The summed E-state index contributed by atoms with van der Waals surface area (Å²) in [6, 6.07) is 0. The SMILES string of the molecule is CC1CC[C@@]2(OC1)O[C@H]1CC3C4CC=C5C[C@@H](O[C@@H]6O[C@H](CO)[C@@H](O[C@@H]7O[C@@H](C)[C@H](O)[C@@H](O)[C@H]7O[C@@H]7O[C@@H](C)[C@H](O)[C@@H](O)[C@H]7O)[C@H](O)[C@H]6O)CC[C@]5(C)C4CC[C@]3(C)[C@H]1[C@@H]2C. The van der Waals surface area contributed by atoms with Crippen LogP contribution >= 0.6 is 0 Å². The van der Waals surface area contributed by atoms with Crippen molar-refractivity contribution in [2.24, 2.45) is 46.3 Å². The van der Waals surface area contributed by atoms with Crippen LogP contribution in [0.1, 0.15) is 99.3 Å². The minimum Gasteiger partial charge on any atom is -0.394 e. The van der Waals surface area contributed by atoms with Crippen LogP contribution in [0.5, 0.6) is 0 Å². The number of hydrogen-bond acceptors (Lipinski definition) is 16. The van der Waals surface area contributed by atoms with Crippen LogP contribution < -0.4 is 0 Å². The van der Waals surface area contributed by atoms with Gasteiger partial charge in [-0.3, -0.25) is 0 Å². The number of hydrogen-bond donors (Lipinski definition) is 8. The normalized spacial score (nSPS) is 58.4. The van der Waals surface area contributed by atoms with Crippen LogP contribution in [0, 0.1) is 46.3 Å². The molecule has 1 spiro atoms. The first-order valence-corrected chi connectivity index (χ1v) is 23.2. The van der Waals surface area contributed by atoms with Gasteiger partial charge in [-0.1, -0.05) is 39.3 Å². The fourth-order valence-electron chi connectivity index (χ4n) is 14.0. The van der Waals surface area contributed by atoms with Gasteiger partial charge < -0.3 is 78.7 Å². The topological polar surface area (TPSA) is 236 Å². The summed E-state index contributed by atoms with van der Waals surface area (Å²) in [4.78, 5) is 0. The van der Waals surface area contributed by atoms with E-state index in [4.69, 9.17) is 37.9 Å². The zero-order valence-electron chi connectivity index (χ0n) is 36.5. The molecule has 5 heterocycles. The van der Waals surface area contributed by atoms with E-state index in [-0.39, 0.29) is 23.0 Å². The number of allylic oxidation sites excluding steroid dienone is 1. The molecule has 61 heavy (non-hydrogen) atoms. The van der Waals surface area contributed by atoms with Crippen LogP contribution in [0.25, 0.3) is 0 Å². The molecule has 9 rings (SSSR count). The third-order valence-electron chi connectivity index (χ3n) is 17.6. The molecular formula is C45H72O16. The molecule has 0 amide bonds. The summed E-state index contributed by atoms with van der Waals surface area (Å²) < 4.78 is 49.4. The van der Waals surface area contributed by atoms with E-state index in [0.717, 1.165) is 45.1 Å². The van der Waals surface area contributed by atoms with Crippen molar-refractivity contribution >= 4 is 0 Å². The Morgan fingerprint density at radius 2 is 1.34 bits per heavy atom. The predicted octanol–water partition coefficient (Wildman–Crippen LogP) is 1.24. The van der Waals surface area contributed by atoms with Gasteiger partial charge in [0.2, 0.25) is 0 Å². The lowest BCUT2D eigenvalue weighted by Gasteiger charge is -2.58. The summed E-state index contributed by atoms with van der Waals surface area (Å²) in [6.45, 7) is 12.7.